The van der Waals surface area contributed by atoms with Crippen LogP contribution in [0, 0.1) is 20.8 Å². The summed E-state index contributed by atoms with van der Waals surface area (Å²) in [7, 11) is 2.06. The monoisotopic (exact) mass is 262 g/mol. The van der Waals surface area contributed by atoms with Crippen molar-refractivity contribution < 1.29 is 0 Å². The lowest BCUT2D eigenvalue weighted by Crippen LogP contribution is -1.84. The van der Waals surface area contributed by atoms with Crippen molar-refractivity contribution in [3.63, 3.8) is 0 Å². The molecule has 2 nitrogen and oxygen atoms in total. The SMILES string of the molecule is CC.CC.Cc1cc(C)n(C)c1.Cc1ccccn1. The predicted molar refractivity (Wildman–Crippen MR) is 86.6 cm³/mol. The van der Waals surface area contributed by atoms with Crippen LogP contribution in [0.25, 0.3) is 0 Å². The molecule has 2 rings (SSSR count). The molecule has 0 unspecified atom stereocenters. The average Bonchev–Trinajstić information content (AvgIpc) is 2.73. The van der Waals surface area contributed by atoms with Crippen LogP contribution in [0.3, 0.4) is 0 Å². The minimum absolute atomic E-state index is 1.07. The number of hydrogen-bond donors (Lipinski definition) is 0. The lowest BCUT2D eigenvalue weighted by atomic mass is 10.4. The van der Waals surface area contributed by atoms with Gasteiger partial charge in [-0.1, -0.05) is 33.8 Å². The normalized spacial score (nSPS) is 8.00. The third-order valence-corrected chi connectivity index (χ3v) is 2.20. The van der Waals surface area contributed by atoms with Gasteiger partial charge >= 0.3 is 0 Å². The van der Waals surface area contributed by atoms with E-state index in [1.54, 1.807) is 6.20 Å². The van der Waals surface area contributed by atoms with Crippen molar-refractivity contribution in [2.24, 2.45) is 7.05 Å². The molecule has 108 valence electrons. The first-order chi connectivity index (χ1) is 9.09. The molecule has 2 aromatic heterocycles. The topological polar surface area (TPSA) is 17.8 Å². The van der Waals surface area contributed by atoms with E-state index in [1.807, 2.05) is 52.8 Å². The van der Waals surface area contributed by atoms with Crippen molar-refractivity contribution in [1.82, 2.24) is 9.55 Å². The van der Waals surface area contributed by atoms with E-state index < -0.39 is 0 Å². The van der Waals surface area contributed by atoms with Gasteiger partial charge in [-0.15, -0.1) is 0 Å². The molecule has 0 amide bonds. The second-order valence-electron chi connectivity index (χ2n) is 3.74. The molecule has 0 fully saturated rings. The number of aryl methyl sites for hydroxylation is 4. The zero-order valence-corrected chi connectivity index (χ0v) is 13.9. The van der Waals surface area contributed by atoms with Gasteiger partial charge in [0.15, 0.2) is 0 Å². The van der Waals surface area contributed by atoms with E-state index in [2.05, 4.69) is 42.7 Å². The van der Waals surface area contributed by atoms with Gasteiger partial charge in [-0.2, -0.15) is 0 Å². The minimum atomic E-state index is 1.07. The van der Waals surface area contributed by atoms with E-state index in [0.717, 1.165) is 5.69 Å². The molecular formula is C17H30N2. The maximum absolute atomic E-state index is 3.98. The highest BCUT2D eigenvalue weighted by molar-refractivity contribution is 5.14. The van der Waals surface area contributed by atoms with Gasteiger partial charge in [-0.25, -0.2) is 0 Å². The van der Waals surface area contributed by atoms with Crippen molar-refractivity contribution in [2.75, 3.05) is 0 Å². The molecule has 0 radical (unpaired) electrons. The highest BCUT2D eigenvalue weighted by atomic mass is 14.9. The molecule has 0 N–H and O–H groups in total. The van der Waals surface area contributed by atoms with Crippen molar-refractivity contribution in [2.45, 2.75) is 48.5 Å². The third-order valence-electron chi connectivity index (χ3n) is 2.20. The molecule has 0 aliphatic carbocycles. The molecule has 0 aromatic carbocycles. The molecule has 0 bridgehead atoms. The van der Waals surface area contributed by atoms with E-state index in [9.17, 15) is 0 Å². The number of hydrogen-bond acceptors (Lipinski definition) is 1. The molecule has 19 heavy (non-hydrogen) atoms. The first kappa shape index (κ1) is 19.8. The molecule has 0 saturated heterocycles. The fourth-order valence-electron chi connectivity index (χ4n) is 1.32. The average molecular weight is 262 g/mol. The lowest BCUT2D eigenvalue weighted by molar-refractivity contribution is 0.880. The molecular weight excluding hydrogens is 232 g/mol. The Morgan fingerprint density at radius 1 is 0.947 bits per heavy atom. The van der Waals surface area contributed by atoms with Crippen LogP contribution in [-0.2, 0) is 7.05 Å². The molecule has 2 heterocycles. The van der Waals surface area contributed by atoms with Gasteiger partial charge in [-0.05, 0) is 44.5 Å². The summed E-state index contributed by atoms with van der Waals surface area (Å²) < 4.78 is 2.12. The molecule has 2 aromatic rings. The highest BCUT2D eigenvalue weighted by Crippen LogP contribution is 2.02. The Kier molecular flexibility index (Phi) is 13.4. The highest BCUT2D eigenvalue weighted by Gasteiger charge is 1.89. The second-order valence-corrected chi connectivity index (χ2v) is 3.74. The number of aromatic nitrogens is 2. The Labute approximate surface area is 119 Å². The van der Waals surface area contributed by atoms with Gasteiger partial charge in [0.05, 0.1) is 0 Å². The first-order valence-electron chi connectivity index (χ1n) is 7.07. The molecule has 0 spiro atoms. The smallest absolute Gasteiger partial charge is 0.0372 e. The Hall–Kier alpha value is -1.57. The van der Waals surface area contributed by atoms with Crippen LogP contribution in [0.2, 0.25) is 0 Å². The third kappa shape index (κ3) is 10.1. The minimum Gasteiger partial charge on any atom is -0.354 e. The molecule has 0 atom stereocenters. The Balaban J connectivity index is 0. The number of nitrogens with zero attached hydrogens (tertiary/aromatic N) is 2. The van der Waals surface area contributed by atoms with Gasteiger partial charge in [0.1, 0.15) is 0 Å². The van der Waals surface area contributed by atoms with E-state index in [0.29, 0.717) is 0 Å². The summed E-state index contributed by atoms with van der Waals surface area (Å²) in [6, 6.07) is 8.02. The number of pyridine rings is 1. The number of rotatable bonds is 0. The van der Waals surface area contributed by atoms with Gasteiger partial charge in [0, 0.05) is 30.8 Å². The Morgan fingerprint density at radius 3 is 1.68 bits per heavy atom. The van der Waals surface area contributed by atoms with Crippen molar-refractivity contribution >= 4 is 0 Å². The zero-order valence-electron chi connectivity index (χ0n) is 13.9. The summed E-state index contributed by atoms with van der Waals surface area (Å²) in [4.78, 5) is 3.98. The molecule has 0 saturated carbocycles. The van der Waals surface area contributed by atoms with E-state index in [4.69, 9.17) is 0 Å². The molecule has 0 aliphatic rings. The fraction of sp³-hybridized carbons (Fsp3) is 0.471. The van der Waals surface area contributed by atoms with E-state index in [1.165, 1.54) is 11.3 Å². The molecule has 0 aliphatic heterocycles. The van der Waals surface area contributed by atoms with Crippen molar-refractivity contribution in [3.05, 3.63) is 53.6 Å². The standard InChI is InChI=1S/C7H11N.C6H7N.2C2H6/c1-6-4-7(2)8(3)5-6;1-6-4-2-3-5-7-6;2*1-2/h4-5H,1-3H3;2-5H,1H3;2*1-2H3. The maximum Gasteiger partial charge on any atom is 0.0372 e. The van der Waals surface area contributed by atoms with Gasteiger partial charge in [-0.3, -0.25) is 4.98 Å². The first-order valence-corrected chi connectivity index (χ1v) is 7.07. The summed E-state index contributed by atoms with van der Waals surface area (Å²) in [6.45, 7) is 14.2. The summed E-state index contributed by atoms with van der Waals surface area (Å²) in [5.41, 5.74) is 3.73. The van der Waals surface area contributed by atoms with Crippen LogP contribution in [0.15, 0.2) is 36.7 Å². The van der Waals surface area contributed by atoms with Gasteiger partial charge in [0.25, 0.3) is 0 Å². The van der Waals surface area contributed by atoms with Gasteiger partial charge < -0.3 is 4.57 Å². The Bertz CT molecular complexity index is 383. The quantitative estimate of drug-likeness (QED) is 0.647. The van der Waals surface area contributed by atoms with E-state index in [-0.39, 0.29) is 0 Å². The predicted octanol–water partition coefficient (Wildman–Crippen LogP) is 5.08. The largest absolute Gasteiger partial charge is 0.354 e. The summed E-state index contributed by atoms with van der Waals surface area (Å²) in [5, 5.41) is 0. The van der Waals surface area contributed by atoms with Crippen LogP contribution < -0.4 is 0 Å². The zero-order chi connectivity index (χ0) is 15.3. The van der Waals surface area contributed by atoms with Crippen molar-refractivity contribution in [1.29, 1.82) is 0 Å². The second kappa shape index (κ2) is 12.9. The van der Waals surface area contributed by atoms with Gasteiger partial charge in [0.2, 0.25) is 0 Å². The fourth-order valence-corrected chi connectivity index (χ4v) is 1.32. The Morgan fingerprint density at radius 2 is 1.53 bits per heavy atom. The van der Waals surface area contributed by atoms with Crippen molar-refractivity contribution in [3.8, 4) is 0 Å². The van der Waals surface area contributed by atoms with Crippen LogP contribution in [0.1, 0.15) is 44.6 Å². The lowest BCUT2D eigenvalue weighted by Gasteiger charge is -1.89. The van der Waals surface area contributed by atoms with Crippen LogP contribution in [0.5, 0.6) is 0 Å². The summed E-state index contributed by atoms with van der Waals surface area (Å²) in [5.74, 6) is 0. The van der Waals surface area contributed by atoms with Crippen LogP contribution in [0.4, 0.5) is 0 Å². The van der Waals surface area contributed by atoms with E-state index >= 15 is 0 Å². The molecule has 2 heteroatoms. The van der Waals surface area contributed by atoms with Crippen LogP contribution >= 0.6 is 0 Å². The summed E-state index contributed by atoms with van der Waals surface area (Å²) >= 11 is 0. The van der Waals surface area contributed by atoms with Crippen LogP contribution in [-0.4, -0.2) is 9.55 Å². The maximum atomic E-state index is 3.98. The summed E-state index contributed by atoms with van der Waals surface area (Å²) in [6.07, 6.45) is 3.91.